The molecule has 1 saturated heterocycles. The largest absolute Gasteiger partial charge is 0.470 e. The van der Waals surface area contributed by atoms with Gasteiger partial charge in [-0.3, -0.25) is 18.9 Å². The summed E-state index contributed by atoms with van der Waals surface area (Å²) in [7, 11) is -4.94. The highest BCUT2D eigenvalue weighted by Crippen LogP contribution is 2.43. The molecule has 4 atom stereocenters. The number of phosphoric acid groups is 1. The second-order valence-electron chi connectivity index (χ2n) is 4.32. The van der Waals surface area contributed by atoms with Crippen LogP contribution in [0.3, 0.4) is 0 Å². The molecule has 0 aliphatic carbocycles. The first-order chi connectivity index (χ1) is 9.73. The number of H-pyrrole nitrogens is 1. The Labute approximate surface area is 122 Å². The summed E-state index contributed by atoms with van der Waals surface area (Å²) < 4.78 is 21.2. The Morgan fingerprint density at radius 2 is 2.05 bits per heavy atom. The van der Waals surface area contributed by atoms with Gasteiger partial charge < -0.3 is 30.2 Å². The van der Waals surface area contributed by atoms with Crippen molar-refractivity contribution in [1.29, 1.82) is 0 Å². The maximum Gasteiger partial charge on any atom is 0.470 e. The van der Waals surface area contributed by atoms with Crippen LogP contribution >= 0.6 is 7.82 Å². The standard InChI is InChI=1S/C9H13N2O9P.H2O/c12-3-4-7(20-21(16,17)18)6(14)8(19-4)11-2-1-5(13)10-9(11)15;/h1-2,4,6-8,12,14H,3H2,(H,10,13,15)(H2,16,17,18);1H2/t4-,6-,7-,8-;/m1./s1. The number of aromatic amines is 1. The molecule has 1 aliphatic heterocycles. The zero-order valence-electron chi connectivity index (χ0n) is 10.9. The number of ether oxygens (including phenoxy) is 1. The lowest BCUT2D eigenvalue weighted by molar-refractivity contribution is -0.0549. The first kappa shape index (κ1) is 18.7. The third-order valence-electron chi connectivity index (χ3n) is 2.87. The van der Waals surface area contributed by atoms with Crippen molar-refractivity contribution < 1.29 is 39.3 Å². The molecule has 13 heteroatoms. The molecular formula is C9H15N2O10P. The minimum atomic E-state index is -4.94. The molecule has 0 unspecified atom stereocenters. The highest BCUT2D eigenvalue weighted by molar-refractivity contribution is 7.46. The number of nitrogens with one attached hydrogen (secondary N) is 1. The predicted octanol–water partition coefficient (Wildman–Crippen LogP) is -3.56. The average molecular weight is 342 g/mol. The molecule has 0 saturated carbocycles. The summed E-state index contributed by atoms with van der Waals surface area (Å²) in [5, 5.41) is 19.1. The summed E-state index contributed by atoms with van der Waals surface area (Å²) in [5.74, 6) is 0. The van der Waals surface area contributed by atoms with Gasteiger partial charge >= 0.3 is 13.5 Å². The van der Waals surface area contributed by atoms with Crippen molar-refractivity contribution in [3.63, 3.8) is 0 Å². The van der Waals surface area contributed by atoms with Crippen LogP contribution in [0.5, 0.6) is 0 Å². The van der Waals surface area contributed by atoms with Gasteiger partial charge in [-0.05, 0) is 0 Å². The van der Waals surface area contributed by atoms with E-state index >= 15 is 0 Å². The normalized spacial score (nSPS) is 28.4. The van der Waals surface area contributed by atoms with E-state index in [2.05, 4.69) is 4.52 Å². The van der Waals surface area contributed by atoms with Crippen LogP contribution in [0.4, 0.5) is 0 Å². The summed E-state index contributed by atoms with van der Waals surface area (Å²) in [5.41, 5.74) is -1.55. The molecule has 2 rings (SSSR count). The monoisotopic (exact) mass is 342 g/mol. The number of aliphatic hydroxyl groups is 2. The molecule has 1 aliphatic rings. The molecule has 1 aromatic heterocycles. The smallest absolute Gasteiger partial charge is 0.412 e. The quantitative estimate of drug-likeness (QED) is 0.343. The SMILES string of the molecule is O.O=c1ccn([C@@H]2O[C@H](CO)[C@@H](OP(=O)(O)O)[C@H]2O)c(=O)[nH]1. The first-order valence-corrected chi connectivity index (χ1v) is 7.26. The Bertz CT molecular complexity index is 665. The molecule has 0 aromatic carbocycles. The van der Waals surface area contributed by atoms with E-state index in [0.717, 1.165) is 16.8 Å². The Kier molecular flexibility index (Phi) is 5.78. The van der Waals surface area contributed by atoms with Crippen LogP contribution in [-0.4, -0.2) is 59.9 Å². The van der Waals surface area contributed by atoms with Crippen LogP contribution < -0.4 is 11.2 Å². The average Bonchev–Trinajstić information content (AvgIpc) is 2.65. The van der Waals surface area contributed by atoms with Crippen LogP contribution in [0, 0.1) is 0 Å². The molecule has 1 fully saturated rings. The van der Waals surface area contributed by atoms with Crippen molar-refractivity contribution in [2.45, 2.75) is 24.5 Å². The minimum Gasteiger partial charge on any atom is -0.412 e. The van der Waals surface area contributed by atoms with Gasteiger partial charge in [-0.15, -0.1) is 0 Å². The molecule has 22 heavy (non-hydrogen) atoms. The number of rotatable bonds is 4. The van der Waals surface area contributed by atoms with Gasteiger partial charge in [0.25, 0.3) is 5.56 Å². The highest BCUT2D eigenvalue weighted by atomic mass is 31.2. The molecular weight excluding hydrogens is 327 g/mol. The van der Waals surface area contributed by atoms with E-state index in [1.54, 1.807) is 0 Å². The lowest BCUT2D eigenvalue weighted by Gasteiger charge is -2.20. The van der Waals surface area contributed by atoms with E-state index in [0.29, 0.717) is 0 Å². The molecule has 0 spiro atoms. The van der Waals surface area contributed by atoms with Gasteiger partial charge in [-0.1, -0.05) is 0 Å². The van der Waals surface area contributed by atoms with Gasteiger partial charge in [-0.25, -0.2) is 9.36 Å². The Balaban J connectivity index is 0.00000242. The fourth-order valence-corrected chi connectivity index (χ4v) is 2.59. The summed E-state index contributed by atoms with van der Waals surface area (Å²) in [6.45, 7) is -0.698. The predicted molar refractivity (Wildman–Crippen MR) is 68.9 cm³/mol. The van der Waals surface area contributed by atoms with Crippen molar-refractivity contribution in [2.24, 2.45) is 0 Å². The second-order valence-corrected chi connectivity index (χ2v) is 5.51. The van der Waals surface area contributed by atoms with Crippen LogP contribution in [0.25, 0.3) is 0 Å². The van der Waals surface area contributed by atoms with Crippen molar-refractivity contribution in [3.05, 3.63) is 33.1 Å². The third-order valence-corrected chi connectivity index (χ3v) is 3.39. The van der Waals surface area contributed by atoms with Gasteiger partial charge in [0.1, 0.15) is 18.3 Å². The molecule has 0 amide bonds. The van der Waals surface area contributed by atoms with Crippen LogP contribution in [0.15, 0.2) is 21.9 Å². The number of aromatic nitrogens is 2. The molecule has 7 N–H and O–H groups in total. The van der Waals surface area contributed by atoms with Crippen molar-refractivity contribution >= 4 is 7.82 Å². The lowest BCUT2D eigenvalue weighted by Crippen LogP contribution is -2.38. The highest BCUT2D eigenvalue weighted by Gasteiger charge is 2.48. The maximum absolute atomic E-state index is 11.6. The maximum atomic E-state index is 11.6. The molecule has 126 valence electrons. The van der Waals surface area contributed by atoms with Gasteiger partial charge in [0.2, 0.25) is 0 Å². The molecule has 0 bridgehead atoms. The third kappa shape index (κ3) is 3.88. The van der Waals surface area contributed by atoms with E-state index < -0.39 is 50.2 Å². The number of hydrogen-bond acceptors (Lipinski definition) is 7. The Hall–Kier alpha value is -1.37. The fourth-order valence-electron chi connectivity index (χ4n) is 2.01. The summed E-state index contributed by atoms with van der Waals surface area (Å²) in [4.78, 5) is 42.1. The zero-order chi connectivity index (χ0) is 15.8. The van der Waals surface area contributed by atoms with Crippen molar-refractivity contribution in [2.75, 3.05) is 6.61 Å². The summed E-state index contributed by atoms with van der Waals surface area (Å²) in [6.07, 6.45) is -4.76. The van der Waals surface area contributed by atoms with Crippen LogP contribution in [-0.2, 0) is 13.8 Å². The number of phosphoric ester groups is 1. The molecule has 12 nitrogen and oxygen atoms in total. The van der Waals surface area contributed by atoms with Gasteiger partial charge in [0, 0.05) is 12.3 Å². The van der Waals surface area contributed by atoms with Crippen LogP contribution in [0.1, 0.15) is 6.23 Å². The Morgan fingerprint density at radius 3 is 2.55 bits per heavy atom. The van der Waals surface area contributed by atoms with Gasteiger partial charge in [0.05, 0.1) is 6.61 Å². The van der Waals surface area contributed by atoms with Crippen molar-refractivity contribution in [1.82, 2.24) is 9.55 Å². The Morgan fingerprint density at radius 1 is 1.41 bits per heavy atom. The van der Waals surface area contributed by atoms with Crippen molar-refractivity contribution in [3.8, 4) is 0 Å². The lowest BCUT2D eigenvalue weighted by atomic mass is 10.1. The number of aliphatic hydroxyl groups excluding tert-OH is 2. The van der Waals surface area contributed by atoms with Gasteiger partial charge in [-0.2, -0.15) is 0 Å². The van der Waals surface area contributed by atoms with Gasteiger partial charge in [0.15, 0.2) is 6.23 Å². The summed E-state index contributed by atoms with van der Waals surface area (Å²) in [6, 6.07) is 1.00. The van der Waals surface area contributed by atoms with E-state index in [9.17, 15) is 19.3 Å². The number of nitrogens with zero attached hydrogens (tertiary/aromatic N) is 1. The fraction of sp³-hybridized carbons (Fsp3) is 0.556. The molecule has 2 heterocycles. The first-order valence-electron chi connectivity index (χ1n) is 5.73. The zero-order valence-corrected chi connectivity index (χ0v) is 11.8. The minimum absolute atomic E-state index is 0. The number of hydrogen-bond donors (Lipinski definition) is 5. The second kappa shape index (κ2) is 6.81. The van der Waals surface area contributed by atoms with E-state index in [1.807, 2.05) is 4.98 Å². The topological polar surface area (TPSA) is 203 Å². The molecule has 1 aromatic rings. The van der Waals surface area contributed by atoms with E-state index in [-0.39, 0.29) is 5.48 Å². The summed E-state index contributed by atoms with van der Waals surface area (Å²) >= 11 is 0. The molecule has 0 radical (unpaired) electrons. The van der Waals surface area contributed by atoms with E-state index in [1.165, 1.54) is 0 Å². The van der Waals surface area contributed by atoms with E-state index in [4.69, 9.17) is 19.6 Å². The van der Waals surface area contributed by atoms with Crippen LogP contribution in [0.2, 0.25) is 0 Å².